The van der Waals surface area contributed by atoms with Crippen LogP contribution in [0.15, 0.2) is 28.8 Å². The minimum atomic E-state index is -0.243. The molecule has 0 spiro atoms. The third-order valence-corrected chi connectivity index (χ3v) is 3.97. The molecule has 0 radical (unpaired) electrons. The number of benzene rings is 1. The lowest BCUT2D eigenvalue weighted by atomic mass is 9.82. The van der Waals surface area contributed by atoms with Crippen LogP contribution < -0.4 is 10.5 Å². The molecule has 0 unspecified atom stereocenters. The van der Waals surface area contributed by atoms with Gasteiger partial charge in [-0.1, -0.05) is 31.1 Å². The first-order chi connectivity index (χ1) is 9.70. The SMILES string of the molecule is CCC(CC)(CN)c1nc(-c2ccccc2OC)no1. The molecule has 20 heavy (non-hydrogen) atoms. The van der Waals surface area contributed by atoms with Crippen molar-refractivity contribution in [3.8, 4) is 17.1 Å². The van der Waals surface area contributed by atoms with Gasteiger partial charge in [0.05, 0.1) is 18.1 Å². The highest BCUT2D eigenvalue weighted by Gasteiger charge is 2.33. The van der Waals surface area contributed by atoms with Gasteiger partial charge in [-0.05, 0) is 25.0 Å². The van der Waals surface area contributed by atoms with E-state index >= 15 is 0 Å². The van der Waals surface area contributed by atoms with Crippen molar-refractivity contribution in [1.29, 1.82) is 0 Å². The largest absolute Gasteiger partial charge is 0.496 e. The average molecular weight is 275 g/mol. The van der Waals surface area contributed by atoms with Gasteiger partial charge in [-0.2, -0.15) is 4.98 Å². The zero-order chi connectivity index (χ0) is 14.6. The van der Waals surface area contributed by atoms with E-state index in [4.69, 9.17) is 15.0 Å². The van der Waals surface area contributed by atoms with Gasteiger partial charge in [-0.25, -0.2) is 0 Å². The minimum absolute atomic E-state index is 0.243. The van der Waals surface area contributed by atoms with E-state index in [-0.39, 0.29) is 5.41 Å². The Morgan fingerprint density at radius 2 is 1.95 bits per heavy atom. The third-order valence-electron chi connectivity index (χ3n) is 3.97. The van der Waals surface area contributed by atoms with Gasteiger partial charge in [0.15, 0.2) is 0 Å². The molecule has 0 amide bonds. The van der Waals surface area contributed by atoms with Crippen molar-refractivity contribution in [2.45, 2.75) is 32.1 Å². The van der Waals surface area contributed by atoms with E-state index in [1.807, 2.05) is 24.3 Å². The van der Waals surface area contributed by atoms with Crippen LogP contribution in [0, 0.1) is 0 Å². The predicted molar refractivity (Wildman–Crippen MR) is 77.6 cm³/mol. The van der Waals surface area contributed by atoms with E-state index < -0.39 is 0 Å². The zero-order valence-electron chi connectivity index (χ0n) is 12.2. The maximum absolute atomic E-state index is 5.91. The van der Waals surface area contributed by atoms with Gasteiger partial charge >= 0.3 is 0 Å². The van der Waals surface area contributed by atoms with E-state index in [0.717, 1.165) is 24.2 Å². The molecule has 0 aliphatic heterocycles. The second-order valence-electron chi connectivity index (χ2n) is 4.81. The molecule has 0 bridgehead atoms. The molecule has 0 aliphatic carbocycles. The predicted octanol–water partition coefficient (Wildman–Crippen LogP) is 2.76. The molecule has 1 aromatic heterocycles. The first-order valence-corrected chi connectivity index (χ1v) is 6.88. The van der Waals surface area contributed by atoms with E-state index in [9.17, 15) is 0 Å². The van der Waals surface area contributed by atoms with Crippen LogP contribution in [0.4, 0.5) is 0 Å². The van der Waals surface area contributed by atoms with Gasteiger partial charge in [0.2, 0.25) is 11.7 Å². The summed E-state index contributed by atoms with van der Waals surface area (Å²) in [5.74, 6) is 1.87. The first-order valence-electron chi connectivity index (χ1n) is 6.88. The molecule has 2 aromatic rings. The van der Waals surface area contributed by atoms with Gasteiger partial charge in [-0.3, -0.25) is 0 Å². The summed E-state index contributed by atoms with van der Waals surface area (Å²) in [6, 6.07) is 7.62. The Morgan fingerprint density at radius 3 is 2.55 bits per heavy atom. The van der Waals surface area contributed by atoms with Gasteiger partial charge in [-0.15, -0.1) is 0 Å². The number of ether oxygens (including phenoxy) is 1. The smallest absolute Gasteiger partial charge is 0.234 e. The van der Waals surface area contributed by atoms with Gasteiger partial charge in [0.1, 0.15) is 5.75 Å². The minimum Gasteiger partial charge on any atom is -0.496 e. The highest BCUT2D eigenvalue weighted by molar-refractivity contribution is 5.63. The molecular weight excluding hydrogens is 254 g/mol. The van der Waals surface area contributed by atoms with Gasteiger partial charge in [0, 0.05) is 6.54 Å². The second kappa shape index (κ2) is 6.05. The van der Waals surface area contributed by atoms with Crippen molar-refractivity contribution in [1.82, 2.24) is 10.1 Å². The van der Waals surface area contributed by atoms with Gasteiger partial charge in [0.25, 0.3) is 0 Å². The molecule has 5 heteroatoms. The number of nitrogens with two attached hydrogens (primary N) is 1. The van der Waals surface area contributed by atoms with Crippen LogP contribution in [-0.4, -0.2) is 23.8 Å². The van der Waals surface area contributed by atoms with Crippen LogP contribution in [0.5, 0.6) is 5.75 Å². The Hall–Kier alpha value is -1.88. The fourth-order valence-corrected chi connectivity index (χ4v) is 2.31. The van der Waals surface area contributed by atoms with Crippen LogP contribution in [0.3, 0.4) is 0 Å². The summed E-state index contributed by atoms with van der Waals surface area (Å²) in [4.78, 5) is 4.54. The third kappa shape index (κ3) is 2.41. The van der Waals surface area contributed by atoms with Crippen molar-refractivity contribution in [2.24, 2.45) is 5.73 Å². The molecule has 1 aromatic carbocycles. The molecule has 5 nitrogen and oxygen atoms in total. The standard InChI is InChI=1S/C15H21N3O2/c1-4-15(5-2,10-16)14-17-13(18-20-14)11-8-6-7-9-12(11)19-3/h6-9H,4-5,10,16H2,1-3H3. The summed E-state index contributed by atoms with van der Waals surface area (Å²) in [5.41, 5.74) is 6.49. The molecule has 2 rings (SSSR count). The fraction of sp³-hybridized carbons (Fsp3) is 0.467. The van der Waals surface area contributed by atoms with Crippen LogP contribution in [0.1, 0.15) is 32.6 Å². The molecule has 1 heterocycles. The second-order valence-corrected chi connectivity index (χ2v) is 4.81. The molecule has 0 aliphatic rings. The maximum Gasteiger partial charge on any atom is 0.234 e. The van der Waals surface area contributed by atoms with Crippen LogP contribution in [0.2, 0.25) is 0 Å². The molecule has 0 fully saturated rings. The lowest BCUT2D eigenvalue weighted by Crippen LogP contribution is -2.34. The van der Waals surface area contributed by atoms with Crippen molar-refractivity contribution in [3.63, 3.8) is 0 Å². The summed E-state index contributed by atoms with van der Waals surface area (Å²) in [7, 11) is 1.63. The topological polar surface area (TPSA) is 74.2 Å². The zero-order valence-corrected chi connectivity index (χ0v) is 12.2. The van der Waals surface area contributed by atoms with Crippen LogP contribution >= 0.6 is 0 Å². The van der Waals surface area contributed by atoms with Gasteiger partial charge < -0.3 is 15.0 Å². The summed E-state index contributed by atoms with van der Waals surface area (Å²) in [5, 5.41) is 4.08. The number of para-hydroxylation sites is 1. The quantitative estimate of drug-likeness (QED) is 0.877. The molecule has 108 valence electrons. The number of aromatic nitrogens is 2. The molecule has 2 N–H and O–H groups in total. The highest BCUT2D eigenvalue weighted by Crippen LogP contribution is 2.33. The number of rotatable bonds is 6. The Labute approximate surface area is 119 Å². The summed E-state index contributed by atoms with van der Waals surface area (Å²) in [6.45, 7) is 4.67. The van der Waals surface area contributed by atoms with E-state index in [0.29, 0.717) is 18.3 Å². The lowest BCUT2D eigenvalue weighted by Gasteiger charge is -2.24. The van der Waals surface area contributed by atoms with E-state index in [2.05, 4.69) is 24.0 Å². The Morgan fingerprint density at radius 1 is 1.25 bits per heavy atom. The number of nitrogens with zero attached hydrogens (tertiary/aromatic N) is 2. The Kier molecular flexibility index (Phi) is 4.39. The first kappa shape index (κ1) is 14.5. The van der Waals surface area contributed by atoms with Crippen molar-refractivity contribution < 1.29 is 9.26 Å². The fourth-order valence-electron chi connectivity index (χ4n) is 2.31. The lowest BCUT2D eigenvalue weighted by molar-refractivity contribution is 0.267. The monoisotopic (exact) mass is 275 g/mol. The number of hydrogen-bond donors (Lipinski definition) is 1. The Balaban J connectivity index is 2.43. The maximum atomic E-state index is 5.91. The number of methoxy groups -OCH3 is 1. The normalized spacial score (nSPS) is 11.6. The molecule has 0 saturated heterocycles. The average Bonchev–Trinajstić information content (AvgIpc) is 3.00. The summed E-state index contributed by atoms with van der Waals surface area (Å²) in [6.07, 6.45) is 1.74. The van der Waals surface area contributed by atoms with E-state index in [1.165, 1.54) is 0 Å². The van der Waals surface area contributed by atoms with E-state index in [1.54, 1.807) is 7.11 Å². The number of hydrogen-bond acceptors (Lipinski definition) is 5. The van der Waals surface area contributed by atoms with Crippen LogP contribution in [0.25, 0.3) is 11.4 Å². The molecule has 0 saturated carbocycles. The van der Waals surface area contributed by atoms with Crippen LogP contribution in [-0.2, 0) is 5.41 Å². The Bertz CT molecular complexity index is 553. The summed E-state index contributed by atoms with van der Waals surface area (Å²) < 4.78 is 10.8. The molecular formula is C15H21N3O2. The summed E-state index contributed by atoms with van der Waals surface area (Å²) >= 11 is 0. The van der Waals surface area contributed by atoms with Crippen molar-refractivity contribution in [3.05, 3.63) is 30.2 Å². The molecule has 0 atom stereocenters. The van der Waals surface area contributed by atoms with Crippen molar-refractivity contribution in [2.75, 3.05) is 13.7 Å². The van der Waals surface area contributed by atoms with Crippen molar-refractivity contribution >= 4 is 0 Å². The highest BCUT2D eigenvalue weighted by atomic mass is 16.5.